The monoisotopic (exact) mass is 277 g/mol. The third kappa shape index (κ3) is 2.72. The van der Waals surface area contributed by atoms with Gasteiger partial charge in [0.25, 0.3) is 5.56 Å². The Hall–Kier alpha value is -1.20. The van der Waals surface area contributed by atoms with Crippen molar-refractivity contribution in [2.45, 2.75) is 26.8 Å². The summed E-state index contributed by atoms with van der Waals surface area (Å²) in [5, 5.41) is 1.92. The molecule has 19 heavy (non-hydrogen) atoms. The van der Waals surface area contributed by atoms with Gasteiger partial charge in [0.1, 0.15) is 10.5 Å². The highest BCUT2D eigenvalue weighted by atomic mass is 32.1. The van der Waals surface area contributed by atoms with Crippen LogP contribution in [0.3, 0.4) is 0 Å². The number of piperidine rings is 1. The molecule has 1 N–H and O–H groups in total. The lowest BCUT2D eigenvalue weighted by Crippen LogP contribution is -2.38. The van der Waals surface area contributed by atoms with Crippen molar-refractivity contribution in [2.75, 3.05) is 13.1 Å². The zero-order valence-corrected chi connectivity index (χ0v) is 12.2. The van der Waals surface area contributed by atoms with Crippen LogP contribution in [0.4, 0.5) is 0 Å². The number of rotatable bonds is 2. The molecule has 0 aromatic carbocycles. The van der Waals surface area contributed by atoms with Crippen LogP contribution in [0.2, 0.25) is 0 Å². The highest BCUT2D eigenvalue weighted by Crippen LogP contribution is 2.22. The molecule has 1 saturated heterocycles. The first-order chi connectivity index (χ1) is 9.11. The second-order valence-electron chi connectivity index (χ2n) is 5.79. The van der Waals surface area contributed by atoms with Crippen molar-refractivity contribution in [3.8, 4) is 0 Å². The van der Waals surface area contributed by atoms with Crippen LogP contribution in [-0.4, -0.2) is 28.0 Å². The van der Waals surface area contributed by atoms with Gasteiger partial charge in [-0.1, -0.05) is 13.8 Å². The predicted molar refractivity (Wildman–Crippen MR) is 78.5 cm³/mol. The summed E-state index contributed by atoms with van der Waals surface area (Å²) >= 11 is 1.45. The maximum atomic E-state index is 11.9. The highest BCUT2D eigenvalue weighted by Gasteiger charge is 2.22. The van der Waals surface area contributed by atoms with Gasteiger partial charge in [-0.3, -0.25) is 9.69 Å². The number of H-pyrrole nitrogens is 1. The Morgan fingerprint density at radius 3 is 2.89 bits per heavy atom. The molecule has 2 aromatic heterocycles. The lowest BCUT2D eigenvalue weighted by atomic mass is 9.92. The fraction of sp³-hybridized carbons (Fsp3) is 0.571. The van der Waals surface area contributed by atoms with Crippen LogP contribution in [0.1, 0.15) is 26.1 Å². The van der Waals surface area contributed by atoms with Gasteiger partial charge in [0, 0.05) is 13.1 Å². The van der Waals surface area contributed by atoms with Crippen molar-refractivity contribution in [1.82, 2.24) is 14.9 Å². The Bertz CT molecular complexity index is 623. The second kappa shape index (κ2) is 5.06. The largest absolute Gasteiger partial charge is 0.308 e. The summed E-state index contributed by atoms with van der Waals surface area (Å²) in [4.78, 5) is 21.8. The molecule has 2 aromatic rings. The van der Waals surface area contributed by atoms with Gasteiger partial charge in [0.05, 0.1) is 12.1 Å². The van der Waals surface area contributed by atoms with E-state index in [1.807, 2.05) is 11.4 Å². The van der Waals surface area contributed by atoms with E-state index in [2.05, 4.69) is 28.7 Å². The van der Waals surface area contributed by atoms with Gasteiger partial charge in [0.15, 0.2) is 0 Å². The minimum Gasteiger partial charge on any atom is -0.308 e. The molecule has 0 radical (unpaired) electrons. The molecule has 3 rings (SSSR count). The van der Waals surface area contributed by atoms with Crippen LogP contribution in [0.5, 0.6) is 0 Å². The predicted octanol–water partition coefficient (Wildman–Crippen LogP) is 2.46. The quantitative estimate of drug-likeness (QED) is 0.917. The SMILES string of the molecule is C[C@H]1C[C@H](C)CN(Cc2nc3ccsc3c(=O)[nH]2)C1. The molecule has 0 unspecified atom stereocenters. The number of aromatic nitrogens is 2. The molecular formula is C14H19N3OS. The zero-order valence-electron chi connectivity index (χ0n) is 11.3. The fourth-order valence-electron chi connectivity index (χ4n) is 3.13. The fourth-order valence-corrected chi connectivity index (χ4v) is 3.85. The van der Waals surface area contributed by atoms with Gasteiger partial charge in [0.2, 0.25) is 0 Å². The summed E-state index contributed by atoms with van der Waals surface area (Å²) in [5.74, 6) is 2.23. The molecule has 102 valence electrons. The summed E-state index contributed by atoms with van der Waals surface area (Å²) in [7, 11) is 0. The minimum absolute atomic E-state index is 0.00638. The molecule has 0 bridgehead atoms. The molecule has 0 saturated carbocycles. The van der Waals surface area contributed by atoms with E-state index >= 15 is 0 Å². The number of hydrogen-bond donors (Lipinski definition) is 1. The maximum Gasteiger partial charge on any atom is 0.268 e. The summed E-state index contributed by atoms with van der Waals surface area (Å²) in [5.41, 5.74) is 0.815. The lowest BCUT2D eigenvalue weighted by Gasteiger charge is -2.34. The Morgan fingerprint density at radius 2 is 2.16 bits per heavy atom. The lowest BCUT2D eigenvalue weighted by molar-refractivity contribution is 0.131. The number of hydrogen-bond acceptors (Lipinski definition) is 4. The van der Waals surface area contributed by atoms with Crippen LogP contribution in [-0.2, 0) is 6.54 Å². The van der Waals surface area contributed by atoms with E-state index < -0.39 is 0 Å². The van der Waals surface area contributed by atoms with Crippen molar-refractivity contribution in [2.24, 2.45) is 11.8 Å². The molecule has 5 heteroatoms. The van der Waals surface area contributed by atoms with Gasteiger partial charge < -0.3 is 4.98 Å². The Kier molecular flexibility index (Phi) is 3.41. The van der Waals surface area contributed by atoms with Crippen molar-refractivity contribution >= 4 is 21.6 Å². The highest BCUT2D eigenvalue weighted by molar-refractivity contribution is 7.17. The van der Waals surface area contributed by atoms with Crippen molar-refractivity contribution in [3.05, 3.63) is 27.6 Å². The van der Waals surface area contributed by atoms with Crippen LogP contribution in [0.25, 0.3) is 10.2 Å². The van der Waals surface area contributed by atoms with Gasteiger partial charge in [-0.2, -0.15) is 0 Å². The van der Waals surface area contributed by atoms with E-state index in [1.54, 1.807) is 0 Å². The number of nitrogens with one attached hydrogen (secondary N) is 1. The molecule has 0 amide bonds. The van der Waals surface area contributed by atoms with Gasteiger partial charge in [-0.25, -0.2) is 4.98 Å². The maximum absolute atomic E-state index is 11.9. The first-order valence-electron chi connectivity index (χ1n) is 6.80. The molecular weight excluding hydrogens is 258 g/mol. The van der Waals surface area contributed by atoms with E-state index in [-0.39, 0.29) is 5.56 Å². The van der Waals surface area contributed by atoms with E-state index in [9.17, 15) is 4.79 Å². The van der Waals surface area contributed by atoms with Crippen molar-refractivity contribution in [1.29, 1.82) is 0 Å². The van der Waals surface area contributed by atoms with Crippen molar-refractivity contribution < 1.29 is 0 Å². The van der Waals surface area contributed by atoms with E-state index in [1.165, 1.54) is 17.8 Å². The van der Waals surface area contributed by atoms with E-state index in [0.29, 0.717) is 0 Å². The van der Waals surface area contributed by atoms with E-state index in [0.717, 1.165) is 47.5 Å². The third-order valence-electron chi connectivity index (χ3n) is 3.68. The smallest absolute Gasteiger partial charge is 0.268 e. The summed E-state index contributed by atoms with van der Waals surface area (Å²) < 4.78 is 0.726. The number of likely N-dealkylation sites (tertiary alicyclic amines) is 1. The van der Waals surface area contributed by atoms with E-state index in [4.69, 9.17) is 0 Å². The van der Waals surface area contributed by atoms with Crippen LogP contribution in [0.15, 0.2) is 16.2 Å². The average molecular weight is 277 g/mol. The summed E-state index contributed by atoms with van der Waals surface area (Å²) in [6.07, 6.45) is 1.30. The number of thiophene rings is 1. The first kappa shape index (κ1) is 12.8. The molecule has 2 atom stereocenters. The summed E-state index contributed by atoms with van der Waals surface area (Å²) in [6, 6.07) is 1.92. The van der Waals surface area contributed by atoms with Gasteiger partial charge in [-0.05, 0) is 29.7 Å². The molecule has 0 spiro atoms. The Balaban J connectivity index is 1.83. The van der Waals surface area contributed by atoms with Gasteiger partial charge in [-0.15, -0.1) is 11.3 Å². The second-order valence-corrected chi connectivity index (χ2v) is 6.70. The first-order valence-corrected chi connectivity index (χ1v) is 7.68. The topological polar surface area (TPSA) is 49.0 Å². The molecule has 0 aliphatic carbocycles. The van der Waals surface area contributed by atoms with Crippen LogP contribution >= 0.6 is 11.3 Å². The Labute approximate surface area is 116 Å². The summed E-state index contributed by atoms with van der Waals surface area (Å²) in [6.45, 7) is 7.52. The molecule has 3 heterocycles. The van der Waals surface area contributed by atoms with Gasteiger partial charge >= 0.3 is 0 Å². The standard InChI is InChI=1S/C14H19N3OS/c1-9-5-10(2)7-17(6-9)8-12-15-11-3-4-19-13(11)14(18)16-12/h3-4,9-10H,5-8H2,1-2H3,(H,15,16,18)/t9-,10-/m0/s1. The number of fused-ring (bicyclic) bond motifs is 1. The molecule has 1 fully saturated rings. The molecule has 1 aliphatic heterocycles. The number of nitrogens with zero attached hydrogens (tertiary/aromatic N) is 2. The third-order valence-corrected chi connectivity index (χ3v) is 4.58. The molecule has 1 aliphatic rings. The number of aromatic amines is 1. The van der Waals surface area contributed by atoms with Crippen LogP contribution < -0.4 is 5.56 Å². The van der Waals surface area contributed by atoms with Crippen molar-refractivity contribution in [3.63, 3.8) is 0 Å². The minimum atomic E-state index is -0.00638. The zero-order chi connectivity index (χ0) is 13.4. The Morgan fingerprint density at radius 1 is 1.42 bits per heavy atom. The normalized spacial score (nSPS) is 24.9. The molecule has 4 nitrogen and oxygen atoms in total. The van der Waals surface area contributed by atoms with Crippen LogP contribution in [0, 0.1) is 11.8 Å². The average Bonchev–Trinajstić information content (AvgIpc) is 2.75.